The lowest BCUT2D eigenvalue weighted by atomic mass is 10.5. The number of nitrogens with one attached hydrogen (secondary N) is 1. The number of aryl methyl sites for hydroxylation is 1. The van der Waals surface area contributed by atoms with Crippen LogP contribution < -0.4 is 4.72 Å². The molecule has 0 aliphatic carbocycles. The molecule has 0 saturated heterocycles. The Balaban J connectivity index is 2.29. The normalized spacial score (nSPS) is 11.7. The molecule has 19 heavy (non-hydrogen) atoms. The number of sulfonamides is 1. The molecule has 2 aromatic heterocycles. The molecule has 0 fully saturated rings. The number of anilines is 1. The van der Waals surface area contributed by atoms with Crippen molar-refractivity contribution in [1.82, 2.24) is 10.2 Å². The minimum absolute atomic E-state index is 0.0924. The number of halogens is 1. The van der Waals surface area contributed by atoms with Crippen LogP contribution in [0, 0.1) is 0 Å². The summed E-state index contributed by atoms with van der Waals surface area (Å²) in [5.74, 6) is 0. The van der Waals surface area contributed by atoms with E-state index in [4.69, 9.17) is 5.11 Å². The summed E-state index contributed by atoms with van der Waals surface area (Å²) < 4.78 is 27.2. The van der Waals surface area contributed by atoms with Crippen molar-refractivity contribution in [3.63, 3.8) is 0 Å². The van der Waals surface area contributed by atoms with Gasteiger partial charge in [-0.15, -0.1) is 21.5 Å². The van der Waals surface area contributed by atoms with Crippen LogP contribution in [0.2, 0.25) is 0 Å². The van der Waals surface area contributed by atoms with Crippen LogP contribution in [0.25, 0.3) is 0 Å². The van der Waals surface area contributed by atoms with Gasteiger partial charge in [0, 0.05) is 4.88 Å². The van der Waals surface area contributed by atoms with Crippen molar-refractivity contribution in [3.05, 3.63) is 19.7 Å². The topological polar surface area (TPSA) is 92.2 Å². The summed E-state index contributed by atoms with van der Waals surface area (Å²) in [6.07, 6.45) is 0.705. The predicted molar refractivity (Wildman–Crippen MR) is 78.0 cm³/mol. The Morgan fingerprint density at radius 2 is 2.16 bits per heavy atom. The highest BCUT2D eigenvalue weighted by molar-refractivity contribution is 9.11. The Hall–Kier alpha value is -0.550. The summed E-state index contributed by atoms with van der Waals surface area (Å²) in [5.41, 5.74) is 0. The van der Waals surface area contributed by atoms with Gasteiger partial charge in [0.1, 0.15) is 9.90 Å². The molecule has 104 valence electrons. The lowest BCUT2D eigenvalue weighted by Gasteiger charge is -2.02. The van der Waals surface area contributed by atoms with E-state index < -0.39 is 10.0 Å². The van der Waals surface area contributed by atoms with Crippen LogP contribution in [-0.4, -0.2) is 23.7 Å². The van der Waals surface area contributed by atoms with Gasteiger partial charge in [-0.05, 0) is 28.4 Å². The largest absolute Gasteiger partial charge is 0.391 e. The molecular formula is C9H10BrN3O3S3. The molecule has 10 heteroatoms. The first-order valence-electron chi connectivity index (χ1n) is 5.20. The summed E-state index contributed by atoms with van der Waals surface area (Å²) in [6.45, 7) is 1.72. The van der Waals surface area contributed by atoms with Crippen LogP contribution in [0.4, 0.5) is 5.13 Å². The number of hydrogen-bond acceptors (Lipinski definition) is 7. The molecule has 0 saturated carbocycles. The molecule has 0 atom stereocenters. The van der Waals surface area contributed by atoms with Gasteiger partial charge in [0.05, 0.1) is 10.4 Å². The summed E-state index contributed by atoms with van der Waals surface area (Å²) in [7, 11) is -3.72. The first-order chi connectivity index (χ1) is 8.96. The van der Waals surface area contributed by atoms with E-state index in [1.807, 2.05) is 6.92 Å². The maximum atomic E-state index is 12.2. The van der Waals surface area contributed by atoms with Crippen LogP contribution in [0.3, 0.4) is 0 Å². The smallest absolute Gasteiger partial charge is 0.265 e. The summed E-state index contributed by atoms with van der Waals surface area (Å²) in [6, 6.07) is 1.43. The van der Waals surface area contributed by atoms with Gasteiger partial charge >= 0.3 is 0 Å². The van der Waals surface area contributed by atoms with Crippen molar-refractivity contribution in [2.45, 2.75) is 24.8 Å². The zero-order chi connectivity index (χ0) is 14.0. The average Bonchev–Trinajstić information content (AvgIpc) is 2.95. The second-order valence-electron chi connectivity index (χ2n) is 3.47. The first-order valence-corrected chi connectivity index (χ1v) is 9.11. The molecule has 2 heterocycles. The fraction of sp³-hybridized carbons (Fsp3) is 0.333. The van der Waals surface area contributed by atoms with Gasteiger partial charge in [0.2, 0.25) is 5.13 Å². The van der Waals surface area contributed by atoms with Gasteiger partial charge < -0.3 is 5.11 Å². The Morgan fingerprint density at radius 1 is 1.42 bits per heavy atom. The van der Waals surface area contributed by atoms with Gasteiger partial charge in [0.25, 0.3) is 10.0 Å². The van der Waals surface area contributed by atoms with E-state index >= 15 is 0 Å². The Kier molecular flexibility index (Phi) is 4.56. The molecule has 0 unspecified atom stereocenters. The highest BCUT2D eigenvalue weighted by Crippen LogP contribution is 2.33. The number of hydrogen-bond donors (Lipinski definition) is 2. The van der Waals surface area contributed by atoms with Gasteiger partial charge in [-0.2, -0.15) is 0 Å². The van der Waals surface area contributed by atoms with Gasteiger partial charge in [-0.3, -0.25) is 4.72 Å². The van der Waals surface area contributed by atoms with Gasteiger partial charge in [-0.1, -0.05) is 18.3 Å². The summed E-state index contributed by atoms with van der Waals surface area (Å²) in [4.78, 5) is 0.661. The van der Waals surface area contributed by atoms with Crippen LogP contribution in [0.5, 0.6) is 0 Å². The van der Waals surface area contributed by atoms with Crippen molar-refractivity contribution in [3.8, 4) is 0 Å². The SMILES string of the molecule is CCc1nnc(NS(=O)(=O)c2cc(CO)sc2Br)s1. The Bertz CT molecular complexity index is 680. The molecule has 0 radical (unpaired) electrons. The molecule has 2 aromatic rings. The summed E-state index contributed by atoms with van der Waals surface area (Å²) in [5, 5.41) is 17.6. The molecule has 0 aliphatic rings. The zero-order valence-corrected chi connectivity index (χ0v) is 13.8. The lowest BCUT2D eigenvalue weighted by Crippen LogP contribution is -2.12. The molecule has 2 rings (SSSR count). The number of rotatable bonds is 5. The van der Waals surface area contributed by atoms with E-state index in [1.165, 1.54) is 28.7 Å². The third-order valence-corrected chi connectivity index (χ3v) is 6.83. The molecule has 0 bridgehead atoms. The minimum Gasteiger partial charge on any atom is -0.391 e. The Morgan fingerprint density at radius 3 is 2.68 bits per heavy atom. The monoisotopic (exact) mass is 383 g/mol. The maximum Gasteiger partial charge on any atom is 0.265 e. The molecule has 0 aliphatic heterocycles. The molecule has 2 N–H and O–H groups in total. The first kappa shape index (κ1) is 14.9. The maximum absolute atomic E-state index is 12.2. The van der Waals surface area contributed by atoms with Crippen molar-refractivity contribution in [2.75, 3.05) is 4.72 Å². The minimum atomic E-state index is -3.72. The average molecular weight is 384 g/mol. The van der Waals surface area contributed by atoms with Crippen molar-refractivity contribution in [1.29, 1.82) is 0 Å². The van der Waals surface area contributed by atoms with E-state index in [9.17, 15) is 8.42 Å². The van der Waals surface area contributed by atoms with Crippen molar-refractivity contribution < 1.29 is 13.5 Å². The van der Waals surface area contributed by atoms with Gasteiger partial charge in [0.15, 0.2) is 0 Å². The summed E-state index contributed by atoms with van der Waals surface area (Å²) >= 11 is 5.56. The fourth-order valence-corrected chi connectivity index (χ4v) is 5.72. The number of aliphatic hydroxyl groups excluding tert-OH is 1. The highest BCUT2D eigenvalue weighted by Gasteiger charge is 2.22. The number of thiophene rings is 1. The molecular weight excluding hydrogens is 374 g/mol. The zero-order valence-electron chi connectivity index (χ0n) is 9.75. The van der Waals surface area contributed by atoms with E-state index in [0.717, 1.165) is 5.01 Å². The number of nitrogens with zero attached hydrogens (tertiary/aromatic N) is 2. The molecule has 0 spiro atoms. The highest BCUT2D eigenvalue weighted by atomic mass is 79.9. The second kappa shape index (κ2) is 5.83. The standard InChI is InChI=1S/C9H10BrN3O3S3/c1-2-7-11-12-9(18-7)13-19(15,16)6-3-5(4-14)17-8(6)10/h3,14H,2,4H2,1H3,(H,12,13). The predicted octanol–water partition coefficient (Wildman–Crippen LogP) is 2.22. The molecule has 6 nitrogen and oxygen atoms in total. The molecule has 0 aromatic carbocycles. The van der Waals surface area contributed by atoms with E-state index in [-0.39, 0.29) is 16.6 Å². The van der Waals surface area contributed by atoms with Crippen LogP contribution in [0.15, 0.2) is 14.7 Å². The van der Waals surface area contributed by atoms with E-state index in [0.29, 0.717) is 15.1 Å². The van der Waals surface area contributed by atoms with E-state index in [1.54, 1.807) is 0 Å². The van der Waals surface area contributed by atoms with E-state index in [2.05, 4.69) is 30.8 Å². The van der Waals surface area contributed by atoms with Crippen molar-refractivity contribution >= 4 is 53.8 Å². The van der Waals surface area contributed by atoms with Crippen LogP contribution in [-0.2, 0) is 23.1 Å². The molecule has 0 amide bonds. The fourth-order valence-electron chi connectivity index (χ4n) is 1.27. The van der Waals surface area contributed by atoms with Crippen LogP contribution in [0.1, 0.15) is 16.8 Å². The lowest BCUT2D eigenvalue weighted by molar-refractivity contribution is 0.285. The number of aliphatic hydroxyl groups is 1. The van der Waals surface area contributed by atoms with Crippen LogP contribution >= 0.6 is 38.6 Å². The van der Waals surface area contributed by atoms with Crippen molar-refractivity contribution in [2.24, 2.45) is 0 Å². The third-order valence-electron chi connectivity index (χ3n) is 2.14. The van der Waals surface area contributed by atoms with Gasteiger partial charge in [-0.25, -0.2) is 8.42 Å². The quantitative estimate of drug-likeness (QED) is 0.825. The number of aromatic nitrogens is 2. The second-order valence-corrected chi connectivity index (χ2v) is 8.64. The third kappa shape index (κ3) is 3.31. The Labute approximate surface area is 126 Å².